The molecule has 2 rings (SSSR count). The summed E-state index contributed by atoms with van der Waals surface area (Å²) in [6.07, 6.45) is -2.63. The third-order valence-electron chi connectivity index (χ3n) is 3.84. The van der Waals surface area contributed by atoms with Gasteiger partial charge in [-0.15, -0.1) is 35.3 Å². The van der Waals surface area contributed by atoms with E-state index in [1.165, 1.54) is 10.9 Å². The standard InChI is InChI=1S/C18H23F3N4S.HI/c1-4-15-12(2)26-16(25-15)8-9-23-17(22-3)24-11-13-6-5-7-14(10-13)18(19,20)21;/h5-7,10H,4,8-9,11H2,1-3H3,(H2,22,23,24);1H. The molecule has 0 atom stereocenters. The third-order valence-corrected chi connectivity index (χ3v) is 4.91. The topological polar surface area (TPSA) is 49.3 Å². The number of hydrogen-bond acceptors (Lipinski definition) is 3. The highest BCUT2D eigenvalue weighted by atomic mass is 127. The molecular weight excluding hydrogens is 488 g/mol. The number of thiazole rings is 1. The predicted octanol–water partition coefficient (Wildman–Crippen LogP) is 4.56. The smallest absolute Gasteiger partial charge is 0.356 e. The lowest BCUT2D eigenvalue weighted by Gasteiger charge is -2.13. The summed E-state index contributed by atoms with van der Waals surface area (Å²) in [5.74, 6) is 0.548. The van der Waals surface area contributed by atoms with Gasteiger partial charge in [-0.1, -0.05) is 19.1 Å². The van der Waals surface area contributed by atoms with E-state index in [-0.39, 0.29) is 30.5 Å². The Labute approximate surface area is 178 Å². The number of alkyl halides is 3. The number of halogens is 4. The largest absolute Gasteiger partial charge is 0.416 e. The predicted molar refractivity (Wildman–Crippen MR) is 115 cm³/mol. The molecule has 0 amide bonds. The highest BCUT2D eigenvalue weighted by Gasteiger charge is 2.30. The fraction of sp³-hybridized carbons (Fsp3) is 0.444. The Morgan fingerprint density at radius 2 is 2.00 bits per heavy atom. The normalized spacial score (nSPS) is 11.9. The van der Waals surface area contributed by atoms with Gasteiger partial charge in [-0.3, -0.25) is 4.99 Å². The van der Waals surface area contributed by atoms with Crippen molar-refractivity contribution >= 4 is 41.3 Å². The second-order valence-corrected chi connectivity index (χ2v) is 7.05. The molecule has 150 valence electrons. The lowest BCUT2D eigenvalue weighted by molar-refractivity contribution is -0.137. The van der Waals surface area contributed by atoms with Crippen molar-refractivity contribution < 1.29 is 13.2 Å². The van der Waals surface area contributed by atoms with Crippen molar-refractivity contribution in [2.75, 3.05) is 13.6 Å². The van der Waals surface area contributed by atoms with Crippen LogP contribution in [0.2, 0.25) is 0 Å². The maximum absolute atomic E-state index is 12.8. The molecule has 4 nitrogen and oxygen atoms in total. The van der Waals surface area contributed by atoms with E-state index in [2.05, 4.69) is 34.5 Å². The number of hydrogen-bond donors (Lipinski definition) is 2. The average molecular weight is 512 g/mol. The number of aryl methyl sites for hydroxylation is 2. The number of aliphatic imine (C=N–C) groups is 1. The zero-order valence-corrected chi connectivity index (χ0v) is 18.6. The lowest BCUT2D eigenvalue weighted by Crippen LogP contribution is -2.37. The molecule has 2 N–H and O–H groups in total. The minimum Gasteiger partial charge on any atom is -0.356 e. The van der Waals surface area contributed by atoms with Crippen LogP contribution in [-0.2, 0) is 25.6 Å². The number of guanidine groups is 1. The Morgan fingerprint density at radius 1 is 1.26 bits per heavy atom. The van der Waals surface area contributed by atoms with Crippen LogP contribution in [0.4, 0.5) is 13.2 Å². The summed E-state index contributed by atoms with van der Waals surface area (Å²) in [4.78, 5) is 9.93. The Balaban J connectivity index is 0.00000364. The summed E-state index contributed by atoms with van der Waals surface area (Å²) in [7, 11) is 1.63. The second kappa shape index (κ2) is 10.8. The number of nitrogens with one attached hydrogen (secondary N) is 2. The fourth-order valence-corrected chi connectivity index (χ4v) is 3.50. The van der Waals surface area contributed by atoms with Crippen molar-refractivity contribution in [3.05, 3.63) is 51.0 Å². The molecule has 0 aliphatic heterocycles. The molecule has 0 aliphatic carbocycles. The molecule has 0 saturated heterocycles. The molecule has 0 saturated carbocycles. The summed E-state index contributed by atoms with van der Waals surface area (Å²) >= 11 is 1.69. The lowest BCUT2D eigenvalue weighted by atomic mass is 10.1. The number of aromatic nitrogens is 1. The molecule has 9 heteroatoms. The highest BCUT2D eigenvalue weighted by Crippen LogP contribution is 2.29. The van der Waals surface area contributed by atoms with Gasteiger partial charge in [0, 0.05) is 31.4 Å². The molecule has 0 fully saturated rings. The van der Waals surface area contributed by atoms with E-state index in [9.17, 15) is 13.2 Å². The van der Waals surface area contributed by atoms with Crippen molar-refractivity contribution in [2.24, 2.45) is 4.99 Å². The van der Waals surface area contributed by atoms with Crippen LogP contribution in [0.3, 0.4) is 0 Å². The molecule has 1 aromatic heterocycles. The van der Waals surface area contributed by atoms with Crippen molar-refractivity contribution in [2.45, 2.75) is 39.4 Å². The van der Waals surface area contributed by atoms with Gasteiger partial charge >= 0.3 is 6.18 Å². The molecule has 0 aliphatic rings. The number of benzene rings is 1. The Morgan fingerprint density at radius 3 is 2.59 bits per heavy atom. The van der Waals surface area contributed by atoms with Gasteiger partial charge in [-0.2, -0.15) is 13.2 Å². The molecule has 0 bridgehead atoms. The van der Waals surface area contributed by atoms with Crippen LogP contribution in [0, 0.1) is 6.92 Å². The first-order valence-corrected chi connectivity index (χ1v) is 9.21. The molecule has 0 radical (unpaired) electrons. The van der Waals surface area contributed by atoms with E-state index in [1.807, 2.05) is 0 Å². The molecule has 1 aromatic carbocycles. The second-order valence-electron chi connectivity index (χ2n) is 5.76. The minimum atomic E-state index is -4.33. The first-order valence-electron chi connectivity index (χ1n) is 8.39. The quantitative estimate of drug-likeness (QED) is 0.339. The average Bonchev–Trinajstić information content (AvgIpc) is 2.97. The van der Waals surface area contributed by atoms with E-state index < -0.39 is 11.7 Å². The molecule has 1 heterocycles. The van der Waals surface area contributed by atoms with Crippen molar-refractivity contribution in [3.63, 3.8) is 0 Å². The van der Waals surface area contributed by atoms with Gasteiger partial charge < -0.3 is 10.6 Å². The van der Waals surface area contributed by atoms with Crippen LogP contribution < -0.4 is 10.6 Å². The Kier molecular flexibility index (Phi) is 9.51. The summed E-state index contributed by atoms with van der Waals surface area (Å²) in [5.41, 5.74) is 1.04. The van der Waals surface area contributed by atoms with Gasteiger partial charge in [0.05, 0.1) is 16.3 Å². The first kappa shape index (κ1) is 23.7. The maximum atomic E-state index is 12.8. The van der Waals surface area contributed by atoms with Crippen molar-refractivity contribution in [3.8, 4) is 0 Å². The van der Waals surface area contributed by atoms with Crippen LogP contribution >= 0.6 is 35.3 Å². The summed E-state index contributed by atoms with van der Waals surface area (Å²) in [5, 5.41) is 7.27. The number of rotatable bonds is 6. The van der Waals surface area contributed by atoms with Crippen molar-refractivity contribution in [1.82, 2.24) is 15.6 Å². The molecule has 2 aromatic rings. The molecular formula is C18H24F3IN4S. The Bertz CT molecular complexity index is 759. The van der Waals surface area contributed by atoms with E-state index in [0.29, 0.717) is 18.1 Å². The van der Waals surface area contributed by atoms with E-state index in [4.69, 9.17) is 0 Å². The van der Waals surface area contributed by atoms with Gasteiger partial charge in [0.25, 0.3) is 0 Å². The van der Waals surface area contributed by atoms with E-state index in [0.717, 1.165) is 35.7 Å². The Hall–Kier alpha value is -1.36. The monoisotopic (exact) mass is 512 g/mol. The van der Waals surface area contributed by atoms with E-state index >= 15 is 0 Å². The maximum Gasteiger partial charge on any atom is 0.416 e. The number of nitrogens with zero attached hydrogens (tertiary/aromatic N) is 2. The van der Waals surface area contributed by atoms with Crippen LogP contribution in [-0.4, -0.2) is 24.5 Å². The summed E-state index contributed by atoms with van der Waals surface area (Å²) in [6, 6.07) is 5.27. The van der Waals surface area contributed by atoms with Gasteiger partial charge in [-0.05, 0) is 31.0 Å². The van der Waals surface area contributed by atoms with Gasteiger partial charge in [-0.25, -0.2) is 4.98 Å². The van der Waals surface area contributed by atoms with Gasteiger partial charge in [0.2, 0.25) is 0 Å². The molecule has 0 spiro atoms. The van der Waals surface area contributed by atoms with Gasteiger partial charge in [0.1, 0.15) is 0 Å². The van der Waals surface area contributed by atoms with Crippen molar-refractivity contribution in [1.29, 1.82) is 0 Å². The zero-order valence-electron chi connectivity index (χ0n) is 15.5. The van der Waals surface area contributed by atoms with Crippen LogP contribution in [0.25, 0.3) is 0 Å². The fourth-order valence-electron chi connectivity index (χ4n) is 2.47. The first-order chi connectivity index (χ1) is 12.3. The highest BCUT2D eigenvalue weighted by molar-refractivity contribution is 14.0. The van der Waals surface area contributed by atoms with Crippen LogP contribution in [0.5, 0.6) is 0 Å². The molecule has 0 unspecified atom stereocenters. The summed E-state index contributed by atoms with van der Waals surface area (Å²) in [6.45, 7) is 5.07. The van der Waals surface area contributed by atoms with Crippen LogP contribution in [0.1, 0.15) is 33.6 Å². The minimum absolute atomic E-state index is 0. The third kappa shape index (κ3) is 7.28. The SMILES string of the molecule is CCc1nc(CCNC(=NC)NCc2cccc(C(F)(F)F)c2)sc1C.I. The zero-order chi connectivity index (χ0) is 19.2. The van der Waals surface area contributed by atoms with Crippen LogP contribution in [0.15, 0.2) is 29.3 Å². The van der Waals surface area contributed by atoms with E-state index in [1.54, 1.807) is 24.5 Å². The molecule has 27 heavy (non-hydrogen) atoms. The summed E-state index contributed by atoms with van der Waals surface area (Å²) < 4.78 is 38.3. The van der Waals surface area contributed by atoms with Gasteiger partial charge in [0.15, 0.2) is 5.96 Å².